The van der Waals surface area contributed by atoms with Gasteiger partial charge in [0, 0.05) is 42.7 Å². The highest BCUT2D eigenvalue weighted by molar-refractivity contribution is 7.13. The summed E-state index contributed by atoms with van der Waals surface area (Å²) in [5, 5.41) is 6.14. The molecule has 0 unspecified atom stereocenters. The third-order valence-corrected chi connectivity index (χ3v) is 5.80. The van der Waals surface area contributed by atoms with Gasteiger partial charge in [-0.05, 0) is 32.8 Å². The number of carbonyl (C=O) groups is 1. The first-order valence-corrected chi connectivity index (χ1v) is 10.3. The van der Waals surface area contributed by atoms with E-state index in [1.807, 2.05) is 29.8 Å². The van der Waals surface area contributed by atoms with Crippen LogP contribution in [0.1, 0.15) is 32.3 Å². The van der Waals surface area contributed by atoms with E-state index >= 15 is 0 Å². The van der Waals surface area contributed by atoms with Crippen molar-refractivity contribution in [2.45, 2.75) is 44.8 Å². The Labute approximate surface area is 163 Å². The Bertz CT molecular complexity index is 799. The zero-order valence-corrected chi connectivity index (χ0v) is 16.6. The minimum atomic E-state index is -0.227. The van der Waals surface area contributed by atoms with E-state index in [0.717, 1.165) is 48.8 Å². The zero-order valence-electron chi connectivity index (χ0n) is 15.7. The number of aromatic nitrogens is 1. The zero-order chi connectivity index (χ0) is 18.9. The second-order valence-electron chi connectivity index (χ2n) is 7.72. The molecule has 27 heavy (non-hydrogen) atoms. The van der Waals surface area contributed by atoms with Crippen molar-refractivity contribution in [1.29, 1.82) is 0 Å². The van der Waals surface area contributed by atoms with Crippen LogP contribution in [0.4, 0.5) is 5.13 Å². The molecule has 0 aliphatic carbocycles. The summed E-state index contributed by atoms with van der Waals surface area (Å²) in [6.45, 7) is 5.94. The molecule has 0 radical (unpaired) electrons. The van der Waals surface area contributed by atoms with Gasteiger partial charge < -0.3 is 19.7 Å². The molecule has 6 nitrogen and oxygen atoms in total. The highest BCUT2D eigenvalue weighted by Crippen LogP contribution is 2.41. The van der Waals surface area contributed by atoms with Gasteiger partial charge in [0.05, 0.1) is 0 Å². The molecule has 4 rings (SSSR count). The van der Waals surface area contributed by atoms with Crippen LogP contribution in [0, 0.1) is 0 Å². The van der Waals surface area contributed by atoms with Crippen molar-refractivity contribution in [3.63, 3.8) is 0 Å². The highest BCUT2D eigenvalue weighted by atomic mass is 32.1. The van der Waals surface area contributed by atoms with Crippen LogP contribution in [0.25, 0.3) is 0 Å². The molecule has 1 N–H and O–H groups in total. The van der Waals surface area contributed by atoms with Crippen molar-refractivity contribution in [1.82, 2.24) is 10.3 Å². The number of ether oxygens (including phenoxy) is 2. The van der Waals surface area contributed by atoms with Crippen molar-refractivity contribution in [3.05, 3.63) is 35.3 Å². The van der Waals surface area contributed by atoms with E-state index in [2.05, 4.69) is 29.0 Å². The van der Waals surface area contributed by atoms with Crippen LogP contribution in [-0.4, -0.2) is 42.2 Å². The van der Waals surface area contributed by atoms with Gasteiger partial charge in [-0.25, -0.2) is 4.98 Å². The van der Waals surface area contributed by atoms with Crippen LogP contribution >= 0.6 is 11.3 Å². The van der Waals surface area contributed by atoms with Gasteiger partial charge >= 0.3 is 0 Å². The highest BCUT2D eigenvalue weighted by Gasteiger charge is 2.32. The van der Waals surface area contributed by atoms with Gasteiger partial charge in [0.2, 0.25) is 0 Å². The normalized spacial score (nSPS) is 18.7. The maximum atomic E-state index is 12.3. The Morgan fingerprint density at radius 2 is 2.22 bits per heavy atom. The molecule has 7 heteroatoms. The summed E-state index contributed by atoms with van der Waals surface area (Å²) in [7, 11) is 0. The smallest absolute Gasteiger partial charge is 0.258 e. The molecule has 2 aliphatic rings. The van der Waals surface area contributed by atoms with E-state index in [-0.39, 0.29) is 24.2 Å². The summed E-state index contributed by atoms with van der Waals surface area (Å²) < 4.78 is 11.8. The number of hydrogen-bond donors (Lipinski definition) is 1. The topological polar surface area (TPSA) is 63.7 Å². The number of carbonyl (C=O) groups excluding carboxylic acids is 1. The molecule has 0 spiro atoms. The number of piperidine rings is 1. The van der Waals surface area contributed by atoms with Crippen molar-refractivity contribution in [2.24, 2.45) is 0 Å². The fourth-order valence-corrected chi connectivity index (χ4v) is 4.40. The Morgan fingerprint density at radius 1 is 1.41 bits per heavy atom. The number of para-hydroxylation sites is 1. The standard InChI is InChI=1S/C20H25N3O3S/c1-20(2)12-14-4-3-5-16(18(14)26-20)25-13-17(24)22-15-6-9-23(10-7-15)19-21-8-11-27-19/h3-5,8,11,15H,6-7,9-10,12-13H2,1-2H3,(H,22,24). The molecule has 0 atom stereocenters. The number of hydrogen-bond acceptors (Lipinski definition) is 6. The van der Waals surface area contributed by atoms with Crippen LogP contribution in [-0.2, 0) is 11.2 Å². The lowest BCUT2D eigenvalue weighted by atomic mass is 10.0. The van der Waals surface area contributed by atoms with E-state index in [9.17, 15) is 4.79 Å². The SMILES string of the molecule is CC1(C)Cc2cccc(OCC(=O)NC3CCN(c4nccs4)CC3)c2O1. The van der Waals surface area contributed by atoms with Gasteiger partial charge in [-0.15, -0.1) is 11.3 Å². The lowest BCUT2D eigenvalue weighted by molar-refractivity contribution is -0.123. The minimum Gasteiger partial charge on any atom is -0.483 e. The quantitative estimate of drug-likeness (QED) is 0.854. The fraction of sp³-hybridized carbons (Fsp3) is 0.500. The van der Waals surface area contributed by atoms with E-state index in [0.29, 0.717) is 5.75 Å². The molecule has 1 aromatic carbocycles. The molecular weight excluding hydrogens is 362 g/mol. The van der Waals surface area contributed by atoms with Crippen LogP contribution in [0.2, 0.25) is 0 Å². The van der Waals surface area contributed by atoms with E-state index in [1.54, 1.807) is 11.3 Å². The van der Waals surface area contributed by atoms with E-state index in [4.69, 9.17) is 9.47 Å². The van der Waals surface area contributed by atoms with Crippen LogP contribution in [0.3, 0.4) is 0 Å². The maximum Gasteiger partial charge on any atom is 0.258 e. The van der Waals surface area contributed by atoms with Gasteiger partial charge in [0.1, 0.15) is 5.60 Å². The van der Waals surface area contributed by atoms with Crippen molar-refractivity contribution < 1.29 is 14.3 Å². The van der Waals surface area contributed by atoms with E-state index in [1.165, 1.54) is 0 Å². The average molecular weight is 388 g/mol. The molecular formula is C20H25N3O3S. The first kappa shape index (κ1) is 18.1. The molecule has 1 fully saturated rings. The number of rotatable bonds is 5. The molecule has 0 saturated carbocycles. The summed E-state index contributed by atoms with van der Waals surface area (Å²) in [5.74, 6) is 1.33. The molecule has 3 heterocycles. The Balaban J connectivity index is 1.26. The van der Waals surface area contributed by atoms with E-state index < -0.39 is 0 Å². The predicted molar refractivity (Wildman–Crippen MR) is 106 cm³/mol. The molecule has 2 aromatic rings. The Hall–Kier alpha value is -2.28. The van der Waals surface area contributed by atoms with Crippen molar-refractivity contribution >= 4 is 22.4 Å². The van der Waals surface area contributed by atoms with Gasteiger partial charge in [-0.1, -0.05) is 12.1 Å². The second-order valence-corrected chi connectivity index (χ2v) is 8.59. The van der Waals surface area contributed by atoms with Gasteiger partial charge in [0.25, 0.3) is 5.91 Å². The average Bonchev–Trinajstić information content (AvgIpc) is 3.27. The predicted octanol–water partition coefficient (Wildman–Crippen LogP) is 3.02. The molecule has 144 valence electrons. The monoisotopic (exact) mass is 387 g/mol. The lowest BCUT2D eigenvalue weighted by Crippen LogP contribution is -2.46. The summed E-state index contributed by atoms with van der Waals surface area (Å²) in [6, 6.07) is 6.05. The number of anilines is 1. The first-order valence-electron chi connectivity index (χ1n) is 9.38. The van der Waals surface area contributed by atoms with Crippen LogP contribution in [0.15, 0.2) is 29.8 Å². The number of fused-ring (bicyclic) bond motifs is 1. The number of nitrogens with zero attached hydrogens (tertiary/aromatic N) is 2. The lowest BCUT2D eigenvalue weighted by Gasteiger charge is -2.32. The summed E-state index contributed by atoms with van der Waals surface area (Å²) in [6.07, 6.45) is 4.52. The summed E-state index contributed by atoms with van der Waals surface area (Å²) >= 11 is 1.66. The molecule has 1 aromatic heterocycles. The summed E-state index contributed by atoms with van der Waals surface area (Å²) in [5.41, 5.74) is 0.905. The third kappa shape index (κ3) is 4.18. The van der Waals surface area contributed by atoms with Crippen LogP contribution in [0.5, 0.6) is 11.5 Å². The number of benzene rings is 1. The van der Waals surface area contributed by atoms with Gasteiger partial charge in [-0.2, -0.15) is 0 Å². The fourth-order valence-electron chi connectivity index (χ4n) is 3.70. The number of nitrogens with one attached hydrogen (secondary N) is 1. The summed E-state index contributed by atoms with van der Waals surface area (Å²) in [4.78, 5) is 18.9. The number of thiazole rings is 1. The molecule has 2 aliphatic heterocycles. The second kappa shape index (κ2) is 7.38. The third-order valence-electron chi connectivity index (χ3n) is 4.96. The molecule has 1 amide bonds. The molecule has 0 bridgehead atoms. The molecule has 1 saturated heterocycles. The minimum absolute atomic E-state index is 0.00688. The Kier molecular flexibility index (Phi) is 4.95. The first-order chi connectivity index (χ1) is 13.0. The van der Waals surface area contributed by atoms with Gasteiger partial charge in [-0.3, -0.25) is 4.79 Å². The number of amides is 1. The maximum absolute atomic E-state index is 12.3. The van der Waals surface area contributed by atoms with Crippen molar-refractivity contribution in [2.75, 3.05) is 24.6 Å². The Morgan fingerprint density at radius 3 is 2.96 bits per heavy atom. The van der Waals surface area contributed by atoms with Gasteiger partial charge in [0.15, 0.2) is 23.2 Å². The van der Waals surface area contributed by atoms with Crippen molar-refractivity contribution in [3.8, 4) is 11.5 Å². The van der Waals surface area contributed by atoms with Crippen LogP contribution < -0.4 is 19.7 Å². The largest absolute Gasteiger partial charge is 0.483 e.